The lowest BCUT2D eigenvalue weighted by Gasteiger charge is -2.26. The molecular formula is C21H38N6O8. The Kier molecular flexibility index (Phi) is 14.9. The molecule has 14 heteroatoms. The molecule has 0 radical (unpaired) electrons. The smallest absolute Gasteiger partial charge is 0.326 e. The van der Waals surface area contributed by atoms with Crippen LogP contribution in [0.2, 0.25) is 0 Å². The molecule has 0 aromatic rings. The number of carboxylic acids is 2. The number of nitrogens with one attached hydrogen (secondary N) is 3. The molecule has 0 saturated heterocycles. The summed E-state index contributed by atoms with van der Waals surface area (Å²) in [6, 6.07) is -5.09. The number of carboxylic acid groups (broad SMARTS) is 2. The SMILES string of the molecule is CCC(C)C(NC(=O)C(CCC(=O)O)NC(=O)C(CCCCN)NC(=O)C(N)CC(N)=O)C(=O)O. The molecule has 0 aliphatic carbocycles. The fraction of sp³-hybridized carbons (Fsp3) is 0.714. The molecule has 5 atom stereocenters. The molecule has 0 fully saturated rings. The van der Waals surface area contributed by atoms with E-state index >= 15 is 0 Å². The molecule has 200 valence electrons. The quantitative estimate of drug-likeness (QED) is 0.0935. The van der Waals surface area contributed by atoms with Crippen LogP contribution in [-0.2, 0) is 28.8 Å². The molecule has 0 rings (SSSR count). The van der Waals surface area contributed by atoms with Crippen molar-refractivity contribution in [1.29, 1.82) is 0 Å². The van der Waals surface area contributed by atoms with E-state index < -0.39 is 78.5 Å². The fourth-order valence-corrected chi connectivity index (χ4v) is 3.10. The van der Waals surface area contributed by atoms with E-state index in [9.17, 15) is 33.9 Å². The predicted molar refractivity (Wildman–Crippen MR) is 124 cm³/mol. The van der Waals surface area contributed by atoms with Crippen molar-refractivity contribution in [3.05, 3.63) is 0 Å². The molecule has 0 saturated carbocycles. The minimum Gasteiger partial charge on any atom is -0.481 e. The molecule has 0 aliphatic heterocycles. The third-order valence-electron chi connectivity index (χ3n) is 5.39. The number of hydrogen-bond acceptors (Lipinski definition) is 8. The van der Waals surface area contributed by atoms with Crippen molar-refractivity contribution in [3.63, 3.8) is 0 Å². The lowest BCUT2D eigenvalue weighted by molar-refractivity contribution is -0.144. The van der Waals surface area contributed by atoms with Gasteiger partial charge in [0.05, 0.1) is 12.5 Å². The number of amides is 4. The third kappa shape index (κ3) is 12.7. The van der Waals surface area contributed by atoms with Gasteiger partial charge in [-0.3, -0.25) is 24.0 Å². The molecule has 35 heavy (non-hydrogen) atoms. The Balaban J connectivity index is 5.63. The largest absolute Gasteiger partial charge is 0.481 e. The monoisotopic (exact) mass is 502 g/mol. The van der Waals surface area contributed by atoms with Crippen molar-refractivity contribution in [1.82, 2.24) is 16.0 Å². The highest BCUT2D eigenvalue weighted by atomic mass is 16.4. The second-order valence-electron chi connectivity index (χ2n) is 8.33. The van der Waals surface area contributed by atoms with Crippen molar-refractivity contribution >= 4 is 35.6 Å². The van der Waals surface area contributed by atoms with Gasteiger partial charge in [-0.15, -0.1) is 0 Å². The number of hydrogen-bond donors (Lipinski definition) is 8. The van der Waals surface area contributed by atoms with Crippen LogP contribution in [0, 0.1) is 5.92 Å². The van der Waals surface area contributed by atoms with Crippen LogP contribution in [-0.4, -0.2) is 76.5 Å². The minimum absolute atomic E-state index is 0.121. The summed E-state index contributed by atoms with van der Waals surface area (Å²) in [6.45, 7) is 3.70. The predicted octanol–water partition coefficient (Wildman–Crippen LogP) is -2.23. The minimum atomic E-state index is -1.38. The zero-order valence-electron chi connectivity index (χ0n) is 20.1. The summed E-state index contributed by atoms with van der Waals surface area (Å²) in [6.07, 6.45) is 0.294. The van der Waals surface area contributed by atoms with Crippen LogP contribution in [0.5, 0.6) is 0 Å². The van der Waals surface area contributed by atoms with Gasteiger partial charge in [-0.2, -0.15) is 0 Å². The Hall–Kier alpha value is -3.26. The van der Waals surface area contributed by atoms with Crippen molar-refractivity contribution < 1.29 is 39.0 Å². The molecule has 4 amide bonds. The van der Waals surface area contributed by atoms with Gasteiger partial charge in [0.25, 0.3) is 0 Å². The molecule has 0 aromatic heterocycles. The van der Waals surface area contributed by atoms with Gasteiger partial charge < -0.3 is 43.4 Å². The normalized spacial score (nSPS) is 15.1. The second kappa shape index (κ2) is 16.4. The van der Waals surface area contributed by atoms with E-state index in [0.717, 1.165) is 0 Å². The third-order valence-corrected chi connectivity index (χ3v) is 5.39. The van der Waals surface area contributed by atoms with Gasteiger partial charge in [0.15, 0.2) is 0 Å². The second-order valence-corrected chi connectivity index (χ2v) is 8.33. The van der Waals surface area contributed by atoms with Gasteiger partial charge in [-0.05, 0) is 38.1 Å². The van der Waals surface area contributed by atoms with Crippen LogP contribution in [0.4, 0.5) is 0 Å². The molecule has 0 heterocycles. The number of rotatable bonds is 18. The molecule has 0 aromatic carbocycles. The number of nitrogens with two attached hydrogens (primary N) is 3. The van der Waals surface area contributed by atoms with E-state index in [1.54, 1.807) is 13.8 Å². The standard InChI is InChI=1S/C21H38N6O8/c1-3-11(2)17(21(34)35)27-20(33)14(7-8-16(29)30)26-19(32)13(6-4-5-9-22)25-18(31)12(23)10-15(24)28/h11-14,17H,3-10,22-23H2,1-2H3,(H2,24,28)(H,25,31)(H,26,32)(H,27,33)(H,29,30)(H,34,35). The van der Waals surface area contributed by atoms with Gasteiger partial charge in [-0.1, -0.05) is 20.3 Å². The van der Waals surface area contributed by atoms with E-state index in [0.29, 0.717) is 25.8 Å². The lowest BCUT2D eigenvalue weighted by atomic mass is 9.98. The van der Waals surface area contributed by atoms with E-state index in [1.165, 1.54) is 0 Å². The maximum absolute atomic E-state index is 13.0. The van der Waals surface area contributed by atoms with Crippen LogP contribution >= 0.6 is 0 Å². The lowest BCUT2D eigenvalue weighted by Crippen LogP contribution is -2.58. The molecular weight excluding hydrogens is 464 g/mol. The number of aliphatic carboxylic acids is 2. The van der Waals surface area contributed by atoms with Gasteiger partial charge in [0, 0.05) is 6.42 Å². The summed E-state index contributed by atoms with van der Waals surface area (Å²) in [5.74, 6) is -6.22. The first-order valence-corrected chi connectivity index (χ1v) is 11.4. The Morgan fingerprint density at radius 2 is 1.40 bits per heavy atom. The van der Waals surface area contributed by atoms with Crippen LogP contribution in [0.25, 0.3) is 0 Å². The van der Waals surface area contributed by atoms with Crippen LogP contribution < -0.4 is 33.2 Å². The van der Waals surface area contributed by atoms with Crippen molar-refractivity contribution in [2.45, 2.75) is 83.0 Å². The summed E-state index contributed by atoms with van der Waals surface area (Å²) in [4.78, 5) is 71.7. The first kappa shape index (κ1) is 31.7. The van der Waals surface area contributed by atoms with E-state index in [4.69, 9.17) is 22.3 Å². The molecule has 0 spiro atoms. The van der Waals surface area contributed by atoms with E-state index in [2.05, 4.69) is 16.0 Å². The number of primary amides is 1. The van der Waals surface area contributed by atoms with Gasteiger partial charge in [0.1, 0.15) is 18.1 Å². The summed E-state index contributed by atoms with van der Waals surface area (Å²) in [7, 11) is 0. The molecule has 5 unspecified atom stereocenters. The highest BCUT2D eigenvalue weighted by Crippen LogP contribution is 2.10. The van der Waals surface area contributed by atoms with Crippen LogP contribution in [0.3, 0.4) is 0 Å². The highest BCUT2D eigenvalue weighted by Gasteiger charge is 2.32. The summed E-state index contributed by atoms with van der Waals surface area (Å²) in [5.41, 5.74) is 16.1. The zero-order chi connectivity index (χ0) is 27.1. The Labute approximate surface area is 203 Å². The van der Waals surface area contributed by atoms with Gasteiger partial charge >= 0.3 is 11.9 Å². The van der Waals surface area contributed by atoms with Gasteiger partial charge in [-0.25, -0.2) is 4.79 Å². The summed E-state index contributed by atoms with van der Waals surface area (Å²) >= 11 is 0. The molecule has 0 bridgehead atoms. The number of carbonyl (C=O) groups excluding carboxylic acids is 4. The maximum Gasteiger partial charge on any atom is 0.326 e. The average molecular weight is 503 g/mol. The molecule has 11 N–H and O–H groups in total. The van der Waals surface area contributed by atoms with Crippen LogP contribution in [0.1, 0.15) is 58.8 Å². The first-order valence-electron chi connectivity index (χ1n) is 11.4. The van der Waals surface area contributed by atoms with E-state index in [1.807, 2.05) is 0 Å². The molecule has 0 aliphatic rings. The number of carbonyl (C=O) groups is 6. The van der Waals surface area contributed by atoms with Crippen molar-refractivity contribution in [2.75, 3.05) is 6.54 Å². The Morgan fingerprint density at radius 1 is 0.857 bits per heavy atom. The number of unbranched alkanes of at least 4 members (excludes halogenated alkanes) is 1. The Bertz CT molecular complexity index is 762. The summed E-state index contributed by atoms with van der Waals surface area (Å²) in [5, 5.41) is 25.6. The highest BCUT2D eigenvalue weighted by molar-refractivity contribution is 5.95. The molecule has 14 nitrogen and oxygen atoms in total. The van der Waals surface area contributed by atoms with Crippen LogP contribution in [0.15, 0.2) is 0 Å². The van der Waals surface area contributed by atoms with Gasteiger partial charge in [0.2, 0.25) is 23.6 Å². The van der Waals surface area contributed by atoms with Crippen molar-refractivity contribution in [2.24, 2.45) is 23.1 Å². The fourth-order valence-electron chi connectivity index (χ4n) is 3.10. The average Bonchev–Trinajstić information content (AvgIpc) is 2.77. The first-order chi connectivity index (χ1) is 16.3. The Morgan fingerprint density at radius 3 is 1.89 bits per heavy atom. The van der Waals surface area contributed by atoms with E-state index in [-0.39, 0.29) is 12.8 Å². The van der Waals surface area contributed by atoms with Crippen molar-refractivity contribution in [3.8, 4) is 0 Å². The zero-order valence-corrected chi connectivity index (χ0v) is 20.1. The maximum atomic E-state index is 13.0. The topological polar surface area (TPSA) is 257 Å². The summed E-state index contributed by atoms with van der Waals surface area (Å²) < 4.78 is 0.